The summed E-state index contributed by atoms with van der Waals surface area (Å²) >= 11 is 4.80. The van der Waals surface area contributed by atoms with Gasteiger partial charge < -0.3 is 0 Å². The van der Waals surface area contributed by atoms with Crippen LogP contribution in [0, 0.1) is 22.9 Å². The van der Waals surface area contributed by atoms with Gasteiger partial charge in [0.2, 0.25) is 0 Å². The first-order valence-electron chi connectivity index (χ1n) is 17.0. The fourth-order valence-electron chi connectivity index (χ4n) is 8.69. The van der Waals surface area contributed by atoms with Crippen LogP contribution in [-0.4, -0.2) is 34.9 Å². The third-order valence-electron chi connectivity index (χ3n) is 10.9. The van der Waals surface area contributed by atoms with E-state index in [4.69, 9.17) is 18.7 Å². The van der Waals surface area contributed by atoms with Crippen LogP contribution in [0.25, 0.3) is 53.3 Å². The smallest absolute Gasteiger partial charge is 0.146 e. The minimum absolute atomic E-state index is 0.515. The first-order chi connectivity index (χ1) is 22.3. The Morgan fingerprint density at radius 1 is 0.489 bits per heavy atom. The number of thiophene rings is 2. The van der Waals surface area contributed by atoms with E-state index in [0.717, 1.165) is 55.0 Å². The summed E-state index contributed by atoms with van der Waals surface area (Å²) in [7, 11) is -4.09. The fourth-order valence-corrected chi connectivity index (χ4v) is 21.6. The molecule has 2 aromatic carbocycles. The third kappa shape index (κ3) is 5.20. The molecule has 0 aliphatic rings. The molecule has 0 saturated carbocycles. The van der Waals surface area contributed by atoms with Crippen molar-refractivity contribution in [2.24, 2.45) is 0 Å². The summed E-state index contributed by atoms with van der Waals surface area (Å²) in [5, 5.41) is 6.64. The second-order valence-corrected chi connectivity index (χ2v) is 28.5. The van der Waals surface area contributed by atoms with Crippen LogP contribution in [0.1, 0.15) is 94.2 Å². The molecule has 0 bridgehead atoms. The summed E-state index contributed by atoms with van der Waals surface area (Å²) in [5.41, 5.74) is 17.9. The Labute approximate surface area is 294 Å². The molecule has 0 aliphatic heterocycles. The summed E-state index contributed by atoms with van der Waals surface area (Å²) in [4.78, 5) is 11.1. The van der Waals surface area contributed by atoms with Crippen LogP contribution in [0.15, 0.2) is 22.9 Å². The maximum Gasteiger partial charge on any atom is 0.146 e. The number of hydrogen-bond donors (Lipinski definition) is 0. The van der Waals surface area contributed by atoms with Gasteiger partial charge in [-0.3, -0.25) is 0 Å². The van der Waals surface area contributed by atoms with Gasteiger partial charge in [-0.2, -0.15) is 8.75 Å². The van der Waals surface area contributed by atoms with Crippen molar-refractivity contribution in [1.82, 2.24) is 18.7 Å². The van der Waals surface area contributed by atoms with Crippen molar-refractivity contribution < 1.29 is 0 Å². The average molecular weight is 711 g/mol. The van der Waals surface area contributed by atoms with Gasteiger partial charge in [0.25, 0.3) is 0 Å². The lowest BCUT2D eigenvalue weighted by Gasteiger charge is -2.38. The third-order valence-corrected chi connectivity index (χ3v) is 26.0. The molecule has 0 atom stereocenters. The highest BCUT2D eigenvalue weighted by Crippen LogP contribution is 2.44. The maximum absolute atomic E-state index is 5.53. The van der Waals surface area contributed by atoms with Crippen molar-refractivity contribution in [2.45, 2.75) is 116 Å². The molecule has 0 aliphatic carbocycles. The molecule has 47 heavy (non-hydrogen) atoms. The molecule has 9 heteroatoms. The van der Waals surface area contributed by atoms with Gasteiger partial charge in [0.05, 0.1) is 43.3 Å². The highest BCUT2D eigenvalue weighted by atomic mass is 32.1. The summed E-state index contributed by atoms with van der Waals surface area (Å²) < 4.78 is 12.4. The summed E-state index contributed by atoms with van der Waals surface area (Å²) in [5.74, 6) is 7.55. The Bertz CT molecular complexity index is 2060. The highest BCUT2D eigenvalue weighted by molar-refractivity contribution is 7.25. The zero-order chi connectivity index (χ0) is 34.0. The quantitative estimate of drug-likeness (QED) is 0.0981. The van der Waals surface area contributed by atoms with Crippen LogP contribution in [0.2, 0.25) is 33.2 Å². The molecule has 0 unspecified atom stereocenters. The first kappa shape index (κ1) is 34.2. The number of hydrogen-bond acceptors (Lipinski definition) is 7. The number of benzene rings is 2. The van der Waals surface area contributed by atoms with Crippen LogP contribution >= 0.6 is 34.4 Å². The highest BCUT2D eigenvalue weighted by Gasteiger charge is 2.43. The molecule has 6 rings (SSSR count). The zero-order valence-electron chi connectivity index (χ0n) is 29.8. The van der Waals surface area contributed by atoms with Crippen LogP contribution in [-0.2, 0) is 0 Å². The number of fused-ring (bicyclic) bond motifs is 8. The molecule has 4 heterocycles. The molecule has 0 fully saturated rings. The molecule has 4 aromatic heterocycles. The topological polar surface area (TPSA) is 51.6 Å². The minimum atomic E-state index is -2.04. The van der Waals surface area contributed by atoms with E-state index in [1.807, 2.05) is 0 Å². The van der Waals surface area contributed by atoms with Gasteiger partial charge in [-0.05, 0) is 56.1 Å². The van der Waals surface area contributed by atoms with Gasteiger partial charge in [0.15, 0.2) is 0 Å². The van der Waals surface area contributed by atoms with E-state index in [1.165, 1.54) is 21.1 Å². The molecular formula is C38H46N4S3Si2. The maximum atomic E-state index is 5.53. The Balaban J connectivity index is 1.81. The predicted molar refractivity (Wildman–Crippen MR) is 215 cm³/mol. The number of nitrogens with zero attached hydrogens (tertiary/aromatic N) is 4. The molecule has 244 valence electrons. The van der Waals surface area contributed by atoms with Gasteiger partial charge in [0.1, 0.15) is 38.2 Å². The Morgan fingerprint density at radius 3 is 1.15 bits per heavy atom. The molecule has 0 amide bonds. The number of rotatable bonds is 6. The Morgan fingerprint density at radius 2 is 0.830 bits per heavy atom. The molecule has 4 nitrogen and oxygen atoms in total. The largest absolute Gasteiger partial charge is 0.242 e. The van der Waals surface area contributed by atoms with Crippen molar-refractivity contribution in [3.05, 3.63) is 34.0 Å². The lowest BCUT2D eigenvalue weighted by Crippen LogP contribution is -2.43. The lowest BCUT2D eigenvalue weighted by molar-refractivity contribution is 0.838. The zero-order valence-corrected chi connectivity index (χ0v) is 34.2. The second kappa shape index (κ2) is 12.7. The molecule has 0 spiro atoms. The van der Waals surface area contributed by atoms with E-state index < -0.39 is 16.1 Å². The Hall–Kier alpha value is -2.67. The van der Waals surface area contributed by atoms with Crippen LogP contribution in [0.4, 0.5) is 0 Å². The summed E-state index contributed by atoms with van der Waals surface area (Å²) in [6, 6.07) is 4.39. The Kier molecular flexibility index (Phi) is 9.21. The van der Waals surface area contributed by atoms with E-state index in [9.17, 15) is 0 Å². The van der Waals surface area contributed by atoms with E-state index in [-0.39, 0.29) is 0 Å². The van der Waals surface area contributed by atoms with Gasteiger partial charge in [-0.1, -0.05) is 94.9 Å². The summed E-state index contributed by atoms with van der Waals surface area (Å²) in [6.07, 6.45) is 0. The van der Waals surface area contributed by atoms with Gasteiger partial charge in [0, 0.05) is 10.8 Å². The lowest BCUT2D eigenvalue weighted by atomic mass is 10.0. The SMILES string of the molecule is CC(C)[Si](C#Cc1c2nsnc2c(C#C[Si](C(C)C)(C(C)C)C(C)C)c2nc3c4ccsc4c4sccc4c3nc12)(C(C)C)C(C)C. The minimum Gasteiger partial charge on any atom is -0.242 e. The molecule has 0 saturated heterocycles. The van der Waals surface area contributed by atoms with Crippen molar-refractivity contribution in [3.63, 3.8) is 0 Å². The first-order valence-corrected chi connectivity index (χ1v) is 23.9. The van der Waals surface area contributed by atoms with Crippen LogP contribution < -0.4 is 0 Å². The standard InChI is InChI=1S/C38H46N4S3Si2/c1-21(2)46(22(3)4,23(5)6)19-15-27-31-32(40-34-30-14-18-44-38(30)37-29(13-17-43-37)33(34)39-31)28(36-35(27)41-45-42-36)16-20-47(24(7)8,25(9)10)26(11)12/h13-14,17-18,21-26H,1-12H3. The summed E-state index contributed by atoms with van der Waals surface area (Å²) in [6.45, 7) is 28.3. The van der Waals surface area contributed by atoms with E-state index >= 15 is 0 Å². The average Bonchev–Trinajstić information content (AvgIpc) is 3.77. The predicted octanol–water partition coefficient (Wildman–Crippen LogP) is 12.4. The van der Waals surface area contributed by atoms with Gasteiger partial charge in [-0.15, -0.1) is 33.8 Å². The van der Waals surface area contributed by atoms with Crippen LogP contribution in [0.3, 0.4) is 0 Å². The van der Waals surface area contributed by atoms with Crippen LogP contribution in [0.5, 0.6) is 0 Å². The monoisotopic (exact) mass is 710 g/mol. The van der Waals surface area contributed by atoms with Crippen molar-refractivity contribution in [2.75, 3.05) is 0 Å². The fraction of sp³-hybridized carbons (Fsp3) is 0.474. The van der Waals surface area contributed by atoms with E-state index in [1.54, 1.807) is 22.7 Å². The van der Waals surface area contributed by atoms with E-state index in [2.05, 4.69) is 129 Å². The normalized spacial score (nSPS) is 13.1. The van der Waals surface area contributed by atoms with Crippen molar-refractivity contribution >= 4 is 104 Å². The van der Waals surface area contributed by atoms with Crippen molar-refractivity contribution in [1.29, 1.82) is 0 Å². The van der Waals surface area contributed by atoms with Gasteiger partial charge in [-0.25, -0.2) is 9.97 Å². The molecular weight excluding hydrogens is 665 g/mol. The van der Waals surface area contributed by atoms with Crippen molar-refractivity contribution in [3.8, 4) is 22.9 Å². The molecule has 6 aromatic rings. The van der Waals surface area contributed by atoms with E-state index in [0.29, 0.717) is 33.2 Å². The second-order valence-electron chi connectivity index (χ2n) is 15.0. The molecule has 0 N–H and O–H groups in total. The number of aromatic nitrogens is 4. The van der Waals surface area contributed by atoms with Gasteiger partial charge >= 0.3 is 0 Å². The molecule has 0 radical (unpaired) electrons.